The minimum Gasteiger partial charge on any atom is -0.108 e. The fraction of sp³-hybridized carbons (Fsp3) is 1.00. The van der Waals surface area contributed by atoms with Gasteiger partial charge >= 0.3 is 0 Å². The Bertz CT molecular complexity index is 46.9. The molecule has 0 nitrogen and oxygen atoms in total. The van der Waals surface area contributed by atoms with Gasteiger partial charge in [-0.05, 0) is 0 Å². The zero-order valence-corrected chi connectivity index (χ0v) is 5.85. The average Bonchev–Trinajstić information content (AvgIpc) is 1.83. The van der Waals surface area contributed by atoms with E-state index in [0.717, 1.165) is 18.9 Å². The molecular weight excluding hydrogens is 92.5 g/mol. The van der Waals surface area contributed by atoms with E-state index < -0.39 is 0 Å². The van der Waals surface area contributed by atoms with Gasteiger partial charge in [0.2, 0.25) is 0 Å². The van der Waals surface area contributed by atoms with Crippen LogP contribution in [0, 0.1) is 0 Å². The van der Waals surface area contributed by atoms with Gasteiger partial charge in [0.1, 0.15) is 0 Å². The van der Waals surface area contributed by atoms with Crippen molar-refractivity contribution in [2.24, 2.45) is 0 Å². The number of rotatable bonds is 4. The van der Waals surface area contributed by atoms with E-state index in [1.807, 2.05) is 0 Å². The summed E-state index contributed by atoms with van der Waals surface area (Å²) in [5.41, 5.74) is 0. The maximum atomic E-state index is 5.63. The van der Waals surface area contributed by atoms with Crippen molar-refractivity contribution >= 4 is 21.6 Å². The van der Waals surface area contributed by atoms with Gasteiger partial charge in [-0.3, -0.25) is 0 Å². The summed E-state index contributed by atoms with van der Waals surface area (Å²) in [4.78, 5) is 0. The van der Waals surface area contributed by atoms with Gasteiger partial charge in [0.25, 0.3) is 0 Å². The van der Waals surface area contributed by atoms with Gasteiger partial charge in [-0.25, -0.2) is 0 Å². The molecule has 0 aliphatic heterocycles. The Morgan fingerprint density at radius 1 is 1.50 bits per heavy atom. The normalized spacial score (nSPS) is 8.75. The molecule has 0 aromatic rings. The molecule has 0 saturated carbocycles. The van der Waals surface area contributed by atoms with Gasteiger partial charge < -0.3 is 0 Å². The molecular formula is C5H12B3. The molecule has 0 amide bonds. The van der Waals surface area contributed by atoms with Crippen LogP contribution in [-0.4, -0.2) is 21.6 Å². The Morgan fingerprint density at radius 2 is 2.12 bits per heavy atom. The Morgan fingerprint density at radius 3 is 2.50 bits per heavy atom. The Balaban J connectivity index is 2.86. The standard InChI is InChI=1S/C5H12B3/c1-3-7-5-8(6)4-2/h3-5H2,1-2H3. The molecule has 41 valence electrons. The van der Waals surface area contributed by atoms with E-state index in [9.17, 15) is 0 Å². The Kier molecular flexibility index (Phi) is 5.46. The molecule has 3 radical (unpaired) electrons. The molecule has 0 unspecified atom stereocenters. The summed E-state index contributed by atoms with van der Waals surface area (Å²) in [6.07, 6.45) is 3.32. The third-order valence-corrected chi connectivity index (χ3v) is 1.28. The van der Waals surface area contributed by atoms with Gasteiger partial charge in [-0.2, -0.15) is 0 Å². The van der Waals surface area contributed by atoms with Crippen LogP contribution in [0.4, 0.5) is 0 Å². The van der Waals surface area contributed by atoms with Crippen LogP contribution in [0.3, 0.4) is 0 Å². The van der Waals surface area contributed by atoms with E-state index in [-0.39, 0.29) is 0 Å². The van der Waals surface area contributed by atoms with E-state index >= 15 is 0 Å². The fourth-order valence-electron chi connectivity index (χ4n) is 0.547. The molecule has 0 rings (SSSR count). The first-order valence-corrected chi connectivity index (χ1v) is 3.38. The van der Waals surface area contributed by atoms with Crippen molar-refractivity contribution in [3.8, 4) is 0 Å². The summed E-state index contributed by atoms with van der Waals surface area (Å²) in [7, 11) is 7.86. The first-order valence-electron chi connectivity index (χ1n) is 3.38. The highest BCUT2D eigenvalue weighted by Gasteiger charge is 1.99. The molecule has 0 aromatic carbocycles. The van der Waals surface area contributed by atoms with E-state index in [1.165, 1.54) is 0 Å². The van der Waals surface area contributed by atoms with E-state index in [0.29, 0.717) is 6.60 Å². The third kappa shape index (κ3) is 4.36. The minimum absolute atomic E-state index is 0.398. The molecule has 8 heavy (non-hydrogen) atoms. The maximum absolute atomic E-state index is 5.63. The van der Waals surface area contributed by atoms with Crippen molar-refractivity contribution in [2.45, 2.75) is 32.7 Å². The third-order valence-electron chi connectivity index (χ3n) is 1.28. The second-order valence-electron chi connectivity index (χ2n) is 2.10. The van der Waals surface area contributed by atoms with Gasteiger partial charge in [0.15, 0.2) is 0 Å². The van der Waals surface area contributed by atoms with Crippen molar-refractivity contribution in [3.05, 3.63) is 0 Å². The van der Waals surface area contributed by atoms with Crippen molar-refractivity contribution < 1.29 is 0 Å². The first-order chi connectivity index (χ1) is 3.81. The second-order valence-corrected chi connectivity index (χ2v) is 2.10. The molecule has 0 fully saturated rings. The van der Waals surface area contributed by atoms with Gasteiger partial charge in [-0.1, -0.05) is 26.5 Å². The molecule has 0 atom stereocenters. The van der Waals surface area contributed by atoms with Crippen LogP contribution in [-0.2, 0) is 0 Å². The van der Waals surface area contributed by atoms with Crippen molar-refractivity contribution in [2.75, 3.05) is 0 Å². The molecule has 0 saturated heterocycles. The van der Waals surface area contributed by atoms with Crippen LogP contribution in [0.1, 0.15) is 13.8 Å². The molecule has 0 aliphatic rings. The lowest BCUT2D eigenvalue weighted by Crippen LogP contribution is -2.13. The average molecular weight is 105 g/mol. The lowest BCUT2D eigenvalue weighted by Gasteiger charge is -1.99. The van der Waals surface area contributed by atoms with Crippen molar-refractivity contribution in [1.29, 1.82) is 0 Å². The molecule has 0 aliphatic carbocycles. The van der Waals surface area contributed by atoms with E-state index in [4.69, 9.17) is 7.74 Å². The second kappa shape index (κ2) is 5.33. The highest BCUT2D eigenvalue weighted by molar-refractivity contribution is 7.06. The fourth-order valence-corrected chi connectivity index (χ4v) is 0.547. The Labute approximate surface area is 55.1 Å². The van der Waals surface area contributed by atoms with Crippen LogP contribution >= 0.6 is 0 Å². The summed E-state index contributed by atoms with van der Waals surface area (Å²) in [6, 6.07) is 0. The van der Waals surface area contributed by atoms with Crippen LogP contribution in [0.15, 0.2) is 0 Å². The number of hydrogen-bond acceptors (Lipinski definition) is 0. The smallest absolute Gasteiger partial charge is 0.0999 e. The van der Waals surface area contributed by atoms with Crippen molar-refractivity contribution in [3.63, 3.8) is 0 Å². The van der Waals surface area contributed by atoms with Crippen LogP contribution in [0.2, 0.25) is 18.9 Å². The predicted octanol–water partition coefficient (Wildman–Crippen LogP) is 1.27. The summed E-state index contributed by atoms with van der Waals surface area (Å²) >= 11 is 0. The van der Waals surface area contributed by atoms with Crippen molar-refractivity contribution in [1.82, 2.24) is 0 Å². The van der Waals surface area contributed by atoms with Gasteiger partial charge in [-0.15, -0.1) is 6.22 Å². The SMILES string of the molecule is [B]B(CC)C[B]CC. The molecule has 0 aromatic heterocycles. The maximum Gasteiger partial charge on any atom is 0.0999 e. The van der Waals surface area contributed by atoms with Gasteiger partial charge in [0.05, 0.1) is 13.9 Å². The highest BCUT2D eigenvalue weighted by Crippen LogP contribution is 1.93. The van der Waals surface area contributed by atoms with Crippen LogP contribution in [0.25, 0.3) is 0 Å². The lowest BCUT2D eigenvalue weighted by molar-refractivity contribution is 1.41. The summed E-state index contributed by atoms with van der Waals surface area (Å²) in [6.45, 7) is 4.66. The van der Waals surface area contributed by atoms with Gasteiger partial charge in [0, 0.05) is 7.74 Å². The zero-order valence-electron chi connectivity index (χ0n) is 5.85. The zero-order chi connectivity index (χ0) is 6.41. The lowest BCUT2D eigenvalue weighted by atomic mass is 9.24. The summed E-state index contributed by atoms with van der Waals surface area (Å²) in [5, 5.41) is 0. The largest absolute Gasteiger partial charge is 0.108 e. The van der Waals surface area contributed by atoms with Crippen LogP contribution < -0.4 is 0 Å². The molecule has 0 heterocycles. The first kappa shape index (κ1) is 8.19. The highest BCUT2D eigenvalue weighted by atomic mass is 13.5. The molecule has 0 spiro atoms. The predicted molar refractivity (Wildman–Crippen MR) is 43.0 cm³/mol. The summed E-state index contributed by atoms with van der Waals surface area (Å²) in [5.74, 6) is 0. The summed E-state index contributed by atoms with van der Waals surface area (Å²) < 4.78 is 0. The molecule has 3 heteroatoms. The van der Waals surface area contributed by atoms with E-state index in [1.54, 1.807) is 0 Å². The topological polar surface area (TPSA) is 0 Å². The molecule has 0 N–H and O–H groups in total. The Hall–Kier alpha value is 0.195. The number of hydrogen-bond donors (Lipinski definition) is 0. The minimum atomic E-state index is 0.398. The van der Waals surface area contributed by atoms with Crippen LogP contribution in [0.5, 0.6) is 0 Å². The quantitative estimate of drug-likeness (QED) is 0.471. The monoisotopic (exact) mass is 105 g/mol. The molecule has 0 bridgehead atoms. The van der Waals surface area contributed by atoms with E-state index in [2.05, 4.69) is 21.1 Å².